The first-order valence-corrected chi connectivity index (χ1v) is 10.7. The number of benzene rings is 1. The molecule has 0 spiro atoms. The molecule has 10 heteroatoms. The number of ether oxygens (including phenoxy) is 2. The summed E-state index contributed by atoms with van der Waals surface area (Å²) in [5.74, 6) is -1.02. The summed E-state index contributed by atoms with van der Waals surface area (Å²) in [6, 6.07) is 8.22. The zero-order valence-electron chi connectivity index (χ0n) is 18.0. The standard InChI is InChI=1S/C20H28N2O3.C2HF3O2/c1-24-16-6-4-15(5-7-16)12-21-13-18(17-8-11-25-19(17)14-21)20(23)22-9-2-3-10-22;3-2(4,5)1(6)7/h4-7,17-19H,2-3,8-14H2,1H3;(H,6,7)/t17-,18+,19+;/m0./s1. The molecule has 32 heavy (non-hydrogen) atoms. The summed E-state index contributed by atoms with van der Waals surface area (Å²) in [5, 5.41) is 7.12. The van der Waals surface area contributed by atoms with Crippen LogP contribution in [0, 0.1) is 11.8 Å². The maximum Gasteiger partial charge on any atom is 0.490 e. The molecule has 0 saturated carbocycles. The van der Waals surface area contributed by atoms with Crippen LogP contribution in [-0.4, -0.2) is 79.0 Å². The van der Waals surface area contributed by atoms with Gasteiger partial charge in [0.2, 0.25) is 5.91 Å². The Kier molecular flexibility index (Phi) is 8.00. The Labute approximate surface area is 185 Å². The van der Waals surface area contributed by atoms with E-state index >= 15 is 0 Å². The number of carbonyl (C=O) groups excluding carboxylic acids is 1. The third kappa shape index (κ3) is 6.13. The zero-order valence-corrected chi connectivity index (χ0v) is 18.0. The third-order valence-corrected chi connectivity index (χ3v) is 6.21. The van der Waals surface area contributed by atoms with Gasteiger partial charge in [0, 0.05) is 45.2 Å². The van der Waals surface area contributed by atoms with Crippen LogP contribution >= 0.6 is 0 Å². The topological polar surface area (TPSA) is 79.3 Å². The van der Waals surface area contributed by atoms with Gasteiger partial charge in [-0.1, -0.05) is 12.1 Å². The number of amides is 1. The second-order valence-corrected chi connectivity index (χ2v) is 8.35. The largest absolute Gasteiger partial charge is 0.497 e. The van der Waals surface area contributed by atoms with E-state index in [9.17, 15) is 18.0 Å². The Bertz CT molecular complexity index is 781. The van der Waals surface area contributed by atoms with Crippen molar-refractivity contribution in [2.24, 2.45) is 11.8 Å². The summed E-state index contributed by atoms with van der Waals surface area (Å²) in [4.78, 5) is 26.4. The van der Waals surface area contributed by atoms with E-state index in [-0.39, 0.29) is 12.0 Å². The lowest BCUT2D eigenvalue weighted by Crippen LogP contribution is -2.52. The molecule has 4 rings (SSSR count). The molecular formula is C22H29F3N2O5. The summed E-state index contributed by atoms with van der Waals surface area (Å²) < 4.78 is 42.9. The van der Waals surface area contributed by atoms with Gasteiger partial charge in [0.25, 0.3) is 0 Å². The lowest BCUT2D eigenvalue weighted by atomic mass is 9.81. The second kappa shape index (κ2) is 10.5. The Morgan fingerprint density at radius 1 is 1.16 bits per heavy atom. The molecule has 0 aliphatic carbocycles. The van der Waals surface area contributed by atoms with Gasteiger partial charge in [-0.25, -0.2) is 4.79 Å². The van der Waals surface area contributed by atoms with Crippen LogP contribution < -0.4 is 4.74 Å². The van der Waals surface area contributed by atoms with Crippen molar-refractivity contribution in [1.82, 2.24) is 9.80 Å². The van der Waals surface area contributed by atoms with E-state index in [2.05, 4.69) is 21.9 Å². The van der Waals surface area contributed by atoms with Crippen LogP contribution in [0.3, 0.4) is 0 Å². The van der Waals surface area contributed by atoms with Crippen molar-refractivity contribution in [1.29, 1.82) is 0 Å². The summed E-state index contributed by atoms with van der Waals surface area (Å²) in [5.41, 5.74) is 1.25. The minimum atomic E-state index is -5.08. The van der Waals surface area contributed by atoms with Gasteiger partial charge in [-0.05, 0) is 37.0 Å². The van der Waals surface area contributed by atoms with E-state index in [4.69, 9.17) is 19.4 Å². The fourth-order valence-corrected chi connectivity index (χ4v) is 4.61. The number of halogens is 3. The number of hydrogen-bond acceptors (Lipinski definition) is 5. The van der Waals surface area contributed by atoms with Gasteiger partial charge in [0.1, 0.15) is 5.75 Å². The highest BCUT2D eigenvalue weighted by Crippen LogP contribution is 2.36. The summed E-state index contributed by atoms with van der Waals surface area (Å²) in [7, 11) is 1.69. The maximum absolute atomic E-state index is 13.1. The molecular weight excluding hydrogens is 429 g/mol. The smallest absolute Gasteiger partial charge is 0.490 e. The van der Waals surface area contributed by atoms with Crippen molar-refractivity contribution in [3.63, 3.8) is 0 Å². The van der Waals surface area contributed by atoms with Crippen molar-refractivity contribution < 1.29 is 37.3 Å². The van der Waals surface area contributed by atoms with Crippen molar-refractivity contribution in [3.8, 4) is 5.75 Å². The molecule has 0 radical (unpaired) electrons. The van der Waals surface area contributed by atoms with Gasteiger partial charge in [0.15, 0.2) is 0 Å². The molecule has 3 saturated heterocycles. The van der Waals surface area contributed by atoms with Gasteiger partial charge in [0.05, 0.1) is 19.1 Å². The van der Waals surface area contributed by atoms with Crippen molar-refractivity contribution in [2.45, 2.75) is 38.1 Å². The highest BCUT2D eigenvalue weighted by molar-refractivity contribution is 5.80. The van der Waals surface area contributed by atoms with E-state index in [1.807, 2.05) is 12.1 Å². The number of hydrogen-bond donors (Lipinski definition) is 1. The van der Waals surface area contributed by atoms with Gasteiger partial charge in [-0.3, -0.25) is 9.69 Å². The maximum atomic E-state index is 13.1. The molecule has 1 amide bonds. The molecule has 178 valence electrons. The van der Waals surface area contributed by atoms with Crippen LogP contribution in [0.25, 0.3) is 0 Å². The second-order valence-electron chi connectivity index (χ2n) is 8.35. The summed E-state index contributed by atoms with van der Waals surface area (Å²) >= 11 is 0. The van der Waals surface area contributed by atoms with Crippen molar-refractivity contribution >= 4 is 11.9 Å². The SMILES string of the molecule is COc1ccc(CN2C[C@H]3OCC[C@H]3[C@H](C(=O)N3CCCC3)C2)cc1.O=C(O)C(F)(F)F. The minimum absolute atomic E-state index is 0.0950. The number of fused-ring (bicyclic) bond motifs is 1. The quantitative estimate of drug-likeness (QED) is 0.748. The average Bonchev–Trinajstić information content (AvgIpc) is 3.45. The lowest BCUT2D eigenvalue weighted by Gasteiger charge is -2.40. The Morgan fingerprint density at radius 3 is 2.34 bits per heavy atom. The highest BCUT2D eigenvalue weighted by atomic mass is 19.4. The number of aliphatic carboxylic acids is 1. The summed E-state index contributed by atoms with van der Waals surface area (Å²) in [6.45, 7) is 5.32. The predicted octanol–water partition coefficient (Wildman–Crippen LogP) is 2.79. The number of carbonyl (C=O) groups is 2. The van der Waals surface area contributed by atoms with Crippen LogP contribution in [0.4, 0.5) is 13.2 Å². The highest BCUT2D eigenvalue weighted by Gasteiger charge is 2.45. The number of carboxylic acids is 1. The lowest BCUT2D eigenvalue weighted by molar-refractivity contribution is -0.192. The molecule has 1 N–H and O–H groups in total. The molecule has 7 nitrogen and oxygen atoms in total. The molecule has 0 bridgehead atoms. The monoisotopic (exact) mass is 458 g/mol. The number of carboxylic acid groups (broad SMARTS) is 1. The van der Waals surface area contributed by atoms with Gasteiger partial charge in [-0.2, -0.15) is 13.2 Å². The van der Waals surface area contributed by atoms with Crippen LogP contribution in [0.2, 0.25) is 0 Å². The number of alkyl halides is 3. The van der Waals surface area contributed by atoms with Crippen LogP contribution in [0.5, 0.6) is 5.75 Å². The minimum Gasteiger partial charge on any atom is -0.497 e. The van der Waals surface area contributed by atoms with E-state index in [0.717, 1.165) is 64.3 Å². The number of rotatable bonds is 4. The number of nitrogens with zero attached hydrogens (tertiary/aromatic N) is 2. The first kappa shape index (κ1) is 24.3. The number of likely N-dealkylation sites (tertiary alicyclic amines) is 2. The van der Waals surface area contributed by atoms with Crippen LogP contribution in [-0.2, 0) is 20.9 Å². The van der Waals surface area contributed by atoms with Gasteiger partial charge < -0.3 is 19.5 Å². The van der Waals surface area contributed by atoms with Crippen molar-refractivity contribution in [3.05, 3.63) is 29.8 Å². The van der Waals surface area contributed by atoms with E-state index in [1.54, 1.807) is 7.11 Å². The fourth-order valence-electron chi connectivity index (χ4n) is 4.61. The Morgan fingerprint density at radius 2 is 1.78 bits per heavy atom. The fraction of sp³-hybridized carbons (Fsp3) is 0.636. The summed E-state index contributed by atoms with van der Waals surface area (Å²) in [6.07, 6.45) is -1.54. The molecule has 1 aromatic rings. The Hall–Kier alpha value is -2.33. The predicted molar refractivity (Wildman–Crippen MR) is 109 cm³/mol. The normalized spacial score (nSPS) is 25.6. The third-order valence-electron chi connectivity index (χ3n) is 6.21. The zero-order chi connectivity index (χ0) is 23.3. The van der Waals surface area contributed by atoms with E-state index < -0.39 is 12.1 Å². The first-order chi connectivity index (χ1) is 15.2. The molecule has 3 aliphatic rings. The number of piperidine rings is 1. The van der Waals surface area contributed by atoms with Crippen molar-refractivity contribution in [2.75, 3.05) is 39.9 Å². The van der Waals surface area contributed by atoms with Crippen LogP contribution in [0.15, 0.2) is 24.3 Å². The van der Waals surface area contributed by atoms with Crippen LogP contribution in [0.1, 0.15) is 24.8 Å². The molecule has 3 aliphatic heterocycles. The van der Waals surface area contributed by atoms with Gasteiger partial charge in [-0.15, -0.1) is 0 Å². The molecule has 3 heterocycles. The van der Waals surface area contributed by atoms with E-state index in [1.165, 1.54) is 5.56 Å². The Balaban J connectivity index is 0.000000360. The molecule has 0 aromatic heterocycles. The molecule has 3 atom stereocenters. The molecule has 3 fully saturated rings. The average molecular weight is 458 g/mol. The number of methoxy groups -OCH3 is 1. The molecule has 0 unspecified atom stereocenters. The first-order valence-electron chi connectivity index (χ1n) is 10.7. The molecule has 1 aromatic carbocycles. The van der Waals surface area contributed by atoms with E-state index in [0.29, 0.717) is 11.8 Å². The van der Waals surface area contributed by atoms with Gasteiger partial charge >= 0.3 is 12.1 Å².